The molecule has 1 N–H and O–H groups in total. The Labute approximate surface area is 104 Å². The predicted octanol–water partition coefficient (Wildman–Crippen LogP) is 0.943. The molecule has 1 aliphatic rings. The van der Waals surface area contributed by atoms with Crippen LogP contribution in [0.3, 0.4) is 0 Å². The van der Waals surface area contributed by atoms with E-state index in [0.717, 1.165) is 39.3 Å². The van der Waals surface area contributed by atoms with Crippen LogP contribution >= 0.6 is 0 Å². The van der Waals surface area contributed by atoms with Crippen LogP contribution in [0, 0.1) is 0 Å². The first-order chi connectivity index (χ1) is 8.31. The van der Waals surface area contributed by atoms with Crippen molar-refractivity contribution in [2.24, 2.45) is 0 Å². The molecule has 0 amide bonds. The number of hydrogen-bond acceptors (Lipinski definition) is 4. The summed E-state index contributed by atoms with van der Waals surface area (Å²) in [4.78, 5) is 9.08. The lowest BCUT2D eigenvalue weighted by Gasteiger charge is -2.34. The molecule has 4 heteroatoms. The lowest BCUT2D eigenvalue weighted by Crippen LogP contribution is -2.45. The molecular formula is C13H22N4. The molecule has 2 heterocycles. The van der Waals surface area contributed by atoms with E-state index in [-0.39, 0.29) is 0 Å². The van der Waals surface area contributed by atoms with Gasteiger partial charge in [0.2, 0.25) is 0 Å². The van der Waals surface area contributed by atoms with E-state index in [1.807, 2.05) is 12.4 Å². The quantitative estimate of drug-likeness (QED) is 0.840. The lowest BCUT2D eigenvalue weighted by atomic mass is 10.2. The SMILES string of the molecule is CCNCc1ccncc1N1CCN(C)CC1. The maximum Gasteiger partial charge on any atom is 0.0599 e. The minimum atomic E-state index is 0.931. The summed E-state index contributed by atoms with van der Waals surface area (Å²) in [6.07, 6.45) is 3.88. The smallest absolute Gasteiger partial charge is 0.0599 e. The summed E-state index contributed by atoms with van der Waals surface area (Å²) in [7, 11) is 2.18. The zero-order chi connectivity index (χ0) is 12.1. The normalized spacial score (nSPS) is 17.4. The molecule has 0 unspecified atom stereocenters. The van der Waals surface area contributed by atoms with E-state index in [1.54, 1.807) is 0 Å². The Balaban J connectivity index is 2.08. The van der Waals surface area contributed by atoms with Gasteiger partial charge in [-0.25, -0.2) is 0 Å². The monoisotopic (exact) mass is 234 g/mol. The largest absolute Gasteiger partial charge is 0.367 e. The molecule has 0 atom stereocenters. The zero-order valence-electron chi connectivity index (χ0n) is 10.8. The molecule has 0 aromatic carbocycles. The highest BCUT2D eigenvalue weighted by molar-refractivity contribution is 5.52. The standard InChI is InChI=1S/C13H22N4/c1-3-14-10-12-4-5-15-11-13(12)17-8-6-16(2)7-9-17/h4-5,11,14H,3,6-10H2,1-2H3. The molecule has 2 rings (SSSR count). The Morgan fingerprint density at radius 2 is 2.06 bits per heavy atom. The van der Waals surface area contributed by atoms with E-state index < -0.39 is 0 Å². The van der Waals surface area contributed by atoms with E-state index in [9.17, 15) is 0 Å². The van der Waals surface area contributed by atoms with Crippen LogP contribution in [0.5, 0.6) is 0 Å². The summed E-state index contributed by atoms with van der Waals surface area (Å²) in [5.74, 6) is 0. The molecule has 1 aliphatic heterocycles. The molecule has 0 saturated carbocycles. The number of aromatic nitrogens is 1. The number of piperazine rings is 1. The first kappa shape index (κ1) is 12.3. The minimum absolute atomic E-state index is 0.931. The Morgan fingerprint density at radius 3 is 2.76 bits per heavy atom. The van der Waals surface area contributed by atoms with Gasteiger partial charge in [-0.1, -0.05) is 6.92 Å². The van der Waals surface area contributed by atoms with Crippen molar-refractivity contribution in [2.45, 2.75) is 13.5 Å². The summed E-state index contributed by atoms with van der Waals surface area (Å²) >= 11 is 0. The van der Waals surface area contributed by atoms with Crippen molar-refractivity contribution in [3.8, 4) is 0 Å². The second-order valence-electron chi connectivity index (χ2n) is 4.58. The third-order valence-corrected chi connectivity index (χ3v) is 3.30. The van der Waals surface area contributed by atoms with Gasteiger partial charge in [-0.05, 0) is 25.2 Å². The molecule has 17 heavy (non-hydrogen) atoms. The van der Waals surface area contributed by atoms with E-state index in [1.165, 1.54) is 11.3 Å². The summed E-state index contributed by atoms with van der Waals surface area (Å²) in [6, 6.07) is 2.12. The number of likely N-dealkylation sites (N-methyl/N-ethyl adjacent to an activating group) is 1. The maximum absolute atomic E-state index is 4.26. The van der Waals surface area contributed by atoms with Gasteiger partial charge < -0.3 is 15.1 Å². The zero-order valence-corrected chi connectivity index (χ0v) is 10.8. The Kier molecular flexibility index (Phi) is 4.34. The summed E-state index contributed by atoms with van der Waals surface area (Å²) in [6.45, 7) is 8.54. The molecule has 1 saturated heterocycles. The van der Waals surface area contributed by atoms with Crippen molar-refractivity contribution >= 4 is 5.69 Å². The van der Waals surface area contributed by atoms with Crippen LogP contribution in [0.25, 0.3) is 0 Å². The molecular weight excluding hydrogens is 212 g/mol. The van der Waals surface area contributed by atoms with Gasteiger partial charge >= 0.3 is 0 Å². The third-order valence-electron chi connectivity index (χ3n) is 3.30. The van der Waals surface area contributed by atoms with Crippen molar-refractivity contribution in [3.05, 3.63) is 24.0 Å². The van der Waals surface area contributed by atoms with Crippen LogP contribution in [0.1, 0.15) is 12.5 Å². The fraction of sp³-hybridized carbons (Fsp3) is 0.615. The van der Waals surface area contributed by atoms with Crippen molar-refractivity contribution in [2.75, 3.05) is 44.7 Å². The highest BCUT2D eigenvalue weighted by atomic mass is 15.2. The molecule has 0 bridgehead atoms. The van der Waals surface area contributed by atoms with Crippen LogP contribution in [0.2, 0.25) is 0 Å². The second kappa shape index (κ2) is 5.98. The Bertz CT molecular complexity index is 345. The van der Waals surface area contributed by atoms with Crippen molar-refractivity contribution < 1.29 is 0 Å². The van der Waals surface area contributed by atoms with Crippen molar-refractivity contribution in [1.82, 2.24) is 15.2 Å². The highest BCUT2D eigenvalue weighted by Crippen LogP contribution is 2.20. The van der Waals surface area contributed by atoms with Gasteiger partial charge in [0.1, 0.15) is 0 Å². The van der Waals surface area contributed by atoms with E-state index in [4.69, 9.17) is 0 Å². The van der Waals surface area contributed by atoms with Crippen LogP contribution < -0.4 is 10.2 Å². The van der Waals surface area contributed by atoms with Gasteiger partial charge in [0, 0.05) is 38.9 Å². The van der Waals surface area contributed by atoms with Crippen molar-refractivity contribution in [1.29, 1.82) is 0 Å². The summed E-state index contributed by atoms with van der Waals surface area (Å²) < 4.78 is 0. The molecule has 0 aliphatic carbocycles. The van der Waals surface area contributed by atoms with Gasteiger partial charge in [-0.3, -0.25) is 4.98 Å². The maximum atomic E-state index is 4.26. The molecule has 94 valence electrons. The average molecular weight is 234 g/mol. The fourth-order valence-corrected chi connectivity index (χ4v) is 2.16. The van der Waals surface area contributed by atoms with Gasteiger partial charge in [0.25, 0.3) is 0 Å². The number of hydrogen-bond donors (Lipinski definition) is 1. The topological polar surface area (TPSA) is 31.4 Å². The van der Waals surface area contributed by atoms with Crippen LogP contribution in [-0.4, -0.2) is 49.7 Å². The Hall–Kier alpha value is -1.13. The van der Waals surface area contributed by atoms with Crippen LogP contribution in [0.4, 0.5) is 5.69 Å². The summed E-state index contributed by atoms with van der Waals surface area (Å²) in [5.41, 5.74) is 2.65. The molecule has 1 fully saturated rings. The minimum Gasteiger partial charge on any atom is -0.367 e. The second-order valence-corrected chi connectivity index (χ2v) is 4.58. The van der Waals surface area contributed by atoms with Crippen LogP contribution in [0.15, 0.2) is 18.5 Å². The molecule has 0 radical (unpaired) electrons. The number of nitrogens with one attached hydrogen (secondary N) is 1. The van der Waals surface area contributed by atoms with Gasteiger partial charge in [0.15, 0.2) is 0 Å². The van der Waals surface area contributed by atoms with Crippen LogP contribution in [-0.2, 0) is 6.54 Å². The van der Waals surface area contributed by atoms with E-state index in [2.05, 4.69) is 40.1 Å². The molecule has 0 spiro atoms. The van der Waals surface area contributed by atoms with Gasteiger partial charge in [0.05, 0.1) is 11.9 Å². The first-order valence-electron chi connectivity index (χ1n) is 6.38. The van der Waals surface area contributed by atoms with Gasteiger partial charge in [-0.2, -0.15) is 0 Å². The number of rotatable bonds is 4. The number of pyridine rings is 1. The number of nitrogens with zero attached hydrogens (tertiary/aromatic N) is 3. The molecule has 1 aromatic heterocycles. The molecule has 1 aromatic rings. The van der Waals surface area contributed by atoms with E-state index in [0.29, 0.717) is 0 Å². The first-order valence-corrected chi connectivity index (χ1v) is 6.38. The predicted molar refractivity (Wildman–Crippen MR) is 71.3 cm³/mol. The number of anilines is 1. The van der Waals surface area contributed by atoms with E-state index >= 15 is 0 Å². The van der Waals surface area contributed by atoms with Gasteiger partial charge in [-0.15, -0.1) is 0 Å². The summed E-state index contributed by atoms with van der Waals surface area (Å²) in [5, 5.41) is 3.39. The average Bonchev–Trinajstić information content (AvgIpc) is 2.38. The van der Waals surface area contributed by atoms with Crippen molar-refractivity contribution in [3.63, 3.8) is 0 Å². The highest BCUT2D eigenvalue weighted by Gasteiger charge is 2.16. The Morgan fingerprint density at radius 1 is 1.29 bits per heavy atom. The fourth-order valence-electron chi connectivity index (χ4n) is 2.16. The molecule has 4 nitrogen and oxygen atoms in total. The lowest BCUT2D eigenvalue weighted by molar-refractivity contribution is 0.312. The third kappa shape index (κ3) is 3.17.